The smallest absolute Gasteiger partial charge is 0.273 e. The fourth-order valence-electron chi connectivity index (χ4n) is 2.62. The Hall–Kier alpha value is -1.69. The van der Waals surface area contributed by atoms with Gasteiger partial charge in [-0.25, -0.2) is 4.98 Å². The van der Waals surface area contributed by atoms with E-state index >= 15 is 0 Å². The number of piperidine rings is 1. The molecule has 0 saturated carbocycles. The van der Waals surface area contributed by atoms with Gasteiger partial charge in [0.15, 0.2) is 0 Å². The lowest BCUT2D eigenvalue weighted by atomic mass is 9.93. The standard InChI is InChI=1S/C14H21N3O3/c1-20-7-3-5-11-4-2-6-17(10-11)14(19)12-8-16-13(18)9-15-12/h8-9,11H,2-7,10H2,1H3,(H,16,18). The van der Waals surface area contributed by atoms with Gasteiger partial charge in [0.05, 0.1) is 6.20 Å². The minimum atomic E-state index is -0.294. The van der Waals surface area contributed by atoms with E-state index in [1.165, 1.54) is 6.20 Å². The van der Waals surface area contributed by atoms with E-state index in [0.29, 0.717) is 11.6 Å². The molecule has 1 saturated heterocycles. The molecule has 1 aromatic heterocycles. The van der Waals surface area contributed by atoms with Crippen LogP contribution >= 0.6 is 0 Å². The first-order valence-corrected chi connectivity index (χ1v) is 7.03. The van der Waals surface area contributed by atoms with Crippen molar-refractivity contribution < 1.29 is 9.53 Å². The molecule has 2 rings (SSSR count). The average Bonchev–Trinajstić information content (AvgIpc) is 2.48. The first-order valence-electron chi connectivity index (χ1n) is 7.03. The van der Waals surface area contributed by atoms with Crippen molar-refractivity contribution in [3.05, 3.63) is 28.4 Å². The van der Waals surface area contributed by atoms with Crippen molar-refractivity contribution in [2.45, 2.75) is 25.7 Å². The van der Waals surface area contributed by atoms with Crippen molar-refractivity contribution in [3.63, 3.8) is 0 Å². The zero-order valence-corrected chi connectivity index (χ0v) is 11.8. The quantitative estimate of drug-likeness (QED) is 0.817. The van der Waals surface area contributed by atoms with E-state index in [0.717, 1.165) is 51.6 Å². The average molecular weight is 279 g/mol. The Morgan fingerprint density at radius 2 is 2.45 bits per heavy atom. The van der Waals surface area contributed by atoms with Crippen LogP contribution in [0.4, 0.5) is 0 Å². The Morgan fingerprint density at radius 1 is 1.60 bits per heavy atom. The molecule has 2 heterocycles. The van der Waals surface area contributed by atoms with Gasteiger partial charge in [-0.05, 0) is 31.6 Å². The first-order chi connectivity index (χ1) is 9.70. The Kier molecular flexibility index (Phi) is 5.29. The number of carbonyl (C=O) groups is 1. The lowest BCUT2D eigenvalue weighted by molar-refractivity contribution is 0.0654. The van der Waals surface area contributed by atoms with Crippen LogP contribution in [-0.4, -0.2) is 47.6 Å². The molecule has 1 aromatic rings. The van der Waals surface area contributed by atoms with Crippen molar-refractivity contribution in [2.24, 2.45) is 5.92 Å². The van der Waals surface area contributed by atoms with Gasteiger partial charge in [0.2, 0.25) is 0 Å². The van der Waals surface area contributed by atoms with Gasteiger partial charge in [0, 0.05) is 33.0 Å². The summed E-state index contributed by atoms with van der Waals surface area (Å²) in [5.74, 6) is 0.434. The first kappa shape index (κ1) is 14.7. The highest BCUT2D eigenvalue weighted by molar-refractivity contribution is 5.92. The van der Waals surface area contributed by atoms with E-state index < -0.39 is 0 Å². The predicted molar refractivity (Wildman–Crippen MR) is 74.6 cm³/mol. The number of aromatic amines is 1. The molecule has 0 spiro atoms. The van der Waals surface area contributed by atoms with Crippen molar-refractivity contribution in [1.82, 2.24) is 14.9 Å². The summed E-state index contributed by atoms with van der Waals surface area (Å²) in [7, 11) is 1.71. The van der Waals surface area contributed by atoms with Gasteiger partial charge < -0.3 is 14.6 Å². The summed E-state index contributed by atoms with van der Waals surface area (Å²) in [6.07, 6.45) is 6.82. The predicted octanol–water partition coefficient (Wildman–Crippen LogP) is 1.05. The van der Waals surface area contributed by atoms with Crippen molar-refractivity contribution in [1.29, 1.82) is 0 Å². The number of nitrogens with one attached hydrogen (secondary N) is 1. The molecule has 1 amide bonds. The van der Waals surface area contributed by atoms with Gasteiger partial charge >= 0.3 is 0 Å². The highest BCUT2D eigenvalue weighted by Gasteiger charge is 2.24. The third-order valence-electron chi connectivity index (χ3n) is 3.66. The van der Waals surface area contributed by atoms with E-state index in [-0.39, 0.29) is 11.5 Å². The molecule has 110 valence electrons. The Morgan fingerprint density at radius 3 is 3.15 bits per heavy atom. The number of ether oxygens (including phenoxy) is 1. The van der Waals surface area contributed by atoms with E-state index in [1.807, 2.05) is 4.90 Å². The molecular weight excluding hydrogens is 258 g/mol. The third-order valence-corrected chi connectivity index (χ3v) is 3.66. The van der Waals surface area contributed by atoms with Gasteiger partial charge in [-0.15, -0.1) is 0 Å². The number of carbonyl (C=O) groups excluding carboxylic acids is 1. The largest absolute Gasteiger partial charge is 0.385 e. The topological polar surface area (TPSA) is 75.3 Å². The number of likely N-dealkylation sites (tertiary alicyclic amines) is 1. The van der Waals surface area contributed by atoms with E-state index in [1.54, 1.807) is 7.11 Å². The molecule has 1 unspecified atom stereocenters. The number of hydrogen-bond acceptors (Lipinski definition) is 4. The molecule has 0 aromatic carbocycles. The van der Waals surface area contributed by atoms with Crippen LogP contribution in [0.1, 0.15) is 36.2 Å². The number of nitrogens with zero attached hydrogens (tertiary/aromatic N) is 2. The fraction of sp³-hybridized carbons (Fsp3) is 0.643. The lowest BCUT2D eigenvalue weighted by Crippen LogP contribution is -2.40. The Labute approximate surface area is 118 Å². The molecule has 1 fully saturated rings. The van der Waals surface area contributed by atoms with E-state index in [2.05, 4.69) is 9.97 Å². The third kappa shape index (κ3) is 3.90. The van der Waals surface area contributed by atoms with Crippen LogP contribution in [0.3, 0.4) is 0 Å². The van der Waals surface area contributed by atoms with Gasteiger partial charge in [-0.1, -0.05) is 0 Å². The van der Waals surface area contributed by atoms with E-state index in [4.69, 9.17) is 4.74 Å². The van der Waals surface area contributed by atoms with Crippen molar-refractivity contribution in [3.8, 4) is 0 Å². The highest BCUT2D eigenvalue weighted by Crippen LogP contribution is 2.21. The molecule has 6 heteroatoms. The van der Waals surface area contributed by atoms with Crippen LogP contribution in [-0.2, 0) is 4.74 Å². The minimum Gasteiger partial charge on any atom is -0.385 e. The molecule has 1 N–H and O–H groups in total. The summed E-state index contributed by atoms with van der Waals surface area (Å²) in [6, 6.07) is 0. The maximum absolute atomic E-state index is 12.3. The number of H-pyrrole nitrogens is 1. The summed E-state index contributed by atoms with van der Waals surface area (Å²) in [4.78, 5) is 31.5. The number of amides is 1. The normalized spacial score (nSPS) is 19.1. The monoisotopic (exact) mass is 279 g/mol. The van der Waals surface area contributed by atoms with Crippen LogP contribution in [0, 0.1) is 5.92 Å². The van der Waals surface area contributed by atoms with Crippen LogP contribution in [0.15, 0.2) is 17.2 Å². The molecule has 1 atom stereocenters. The maximum Gasteiger partial charge on any atom is 0.273 e. The van der Waals surface area contributed by atoms with Gasteiger partial charge in [-0.2, -0.15) is 0 Å². The zero-order chi connectivity index (χ0) is 14.4. The fourth-order valence-corrected chi connectivity index (χ4v) is 2.62. The van der Waals surface area contributed by atoms with Gasteiger partial charge in [-0.3, -0.25) is 9.59 Å². The number of methoxy groups -OCH3 is 1. The van der Waals surface area contributed by atoms with Crippen LogP contribution in [0.2, 0.25) is 0 Å². The summed E-state index contributed by atoms with van der Waals surface area (Å²) in [5.41, 5.74) is 0.0137. The molecule has 1 aliphatic rings. The second kappa shape index (κ2) is 7.19. The second-order valence-electron chi connectivity index (χ2n) is 5.19. The SMILES string of the molecule is COCCCC1CCCN(C(=O)c2c[nH]c(=O)cn2)C1. The molecule has 0 bridgehead atoms. The highest BCUT2D eigenvalue weighted by atomic mass is 16.5. The Balaban J connectivity index is 1.92. The summed E-state index contributed by atoms with van der Waals surface area (Å²) in [5, 5.41) is 0. The van der Waals surface area contributed by atoms with E-state index in [9.17, 15) is 9.59 Å². The number of rotatable bonds is 5. The molecule has 0 aliphatic carbocycles. The molecule has 1 aliphatic heterocycles. The van der Waals surface area contributed by atoms with Gasteiger partial charge in [0.1, 0.15) is 5.69 Å². The molecule has 6 nitrogen and oxygen atoms in total. The van der Waals surface area contributed by atoms with Crippen LogP contribution < -0.4 is 5.56 Å². The van der Waals surface area contributed by atoms with Crippen molar-refractivity contribution >= 4 is 5.91 Å². The summed E-state index contributed by atoms with van der Waals surface area (Å²) >= 11 is 0. The van der Waals surface area contributed by atoms with Gasteiger partial charge in [0.25, 0.3) is 11.5 Å². The second-order valence-corrected chi connectivity index (χ2v) is 5.19. The summed E-state index contributed by atoms with van der Waals surface area (Å²) < 4.78 is 5.06. The van der Waals surface area contributed by atoms with Crippen LogP contribution in [0.25, 0.3) is 0 Å². The number of hydrogen-bond donors (Lipinski definition) is 1. The molecular formula is C14H21N3O3. The number of aromatic nitrogens is 2. The maximum atomic E-state index is 12.3. The Bertz CT molecular complexity index is 480. The molecule has 0 radical (unpaired) electrons. The lowest BCUT2D eigenvalue weighted by Gasteiger charge is -2.32. The minimum absolute atomic E-state index is 0.0994. The zero-order valence-electron chi connectivity index (χ0n) is 11.8. The van der Waals surface area contributed by atoms with Crippen LogP contribution in [0.5, 0.6) is 0 Å². The van der Waals surface area contributed by atoms with Crippen molar-refractivity contribution in [2.75, 3.05) is 26.8 Å². The summed E-state index contributed by atoms with van der Waals surface area (Å²) in [6.45, 7) is 2.30. The molecule has 20 heavy (non-hydrogen) atoms.